The fourth-order valence-electron chi connectivity index (χ4n) is 2.75. The average molecular weight is 430 g/mol. The maximum atomic E-state index is 5.64. The third-order valence-corrected chi connectivity index (χ3v) is 3.83. The highest BCUT2D eigenvalue weighted by Gasteiger charge is 2.24. The van der Waals surface area contributed by atoms with E-state index in [1.807, 2.05) is 19.1 Å². The lowest BCUT2D eigenvalue weighted by Crippen LogP contribution is -2.39. The van der Waals surface area contributed by atoms with E-state index in [0.29, 0.717) is 13.1 Å². The zero-order chi connectivity index (χ0) is 15.6. The molecule has 2 N–H and O–H groups in total. The molecular formula is C17H27IN4O. The SMILES string of the molecule is C#CCNC(=NCC(c1ccco1)N1CCCCC1)NCC.I. The first-order valence-corrected chi connectivity index (χ1v) is 8.08. The molecule has 6 heteroatoms. The highest BCUT2D eigenvalue weighted by molar-refractivity contribution is 14.0. The molecule has 2 heterocycles. The Morgan fingerprint density at radius 1 is 1.39 bits per heavy atom. The van der Waals surface area contributed by atoms with Crippen LogP contribution < -0.4 is 10.6 Å². The van der Waals surface area contributed by atoms with E-state index in [4.69, 9.17) is 10.8 Å². The summed E-state index contributed by atoms with van der Waals surface area (Å²) in [5.41, 5.74) is 0. The van der Waals surface area contributed by atoms with Gasteiger partial charge in [0.25, 0.3) is 0 Å². The van der Waals surface area contributed by atoms with Crippen LogP contribution in [0, 0.1) is 12.3 Å². The van der Waals surface area contributed by atoms with Crippen LogP contribution in [0.1, 0.15) is 38.0 Å². The number of halogens is 1. The van der Waals surface area contributed by atoms with Crippen molar-refractivity contribution >= 4 is 29.9 Å². The summed E-state index contributed by atoms with van der Waals surface area (Å²) in [6.45, 7) is 6.20. The number of nitrogens with zero attached hydrogens (tertiary/aromatic N) is 2. The van der Waals surface area contributed by atoms with Crippen LogP contribution >= 0.6 is 24.0 Å². The van der Waals surface area contributed by atoms with Crippen LogP contribution in [0.3, 0.4) is 0 Å². The number of nitrogens with one attached hydrogen (secondary N) is 2. The van der Waals surface area contributed by atoms with Crippen molar-refractivity contribution in [1.29, 1.82) is 0 Å². The molecule has 1 aliphatic rings. The summed E-state index contributed by atoms with van der Waals surface area (Å²) in [5, 5.41) is 6.34. The van der Waals surface area contributed by atoms with Gasteiger partial charge in [-0.1, -0.05) is 12.3 Å². The Hall–Kier alpha value is -1.20. The van der Waals surface area contributed by atoms with Crippen LogP contribution in [0.25, 0.3) is 0 Å². The number of furan rings is 1. The van der Waals surface area contributed by atoms with E-state index in [1.165, 1.54) is 19.3 Å². The number of rotatable bonds is 6. The highest BCUT2D eigenvalue weighted by atomic mass is 127. The second kappa shape index (κ2) is 11.4. The molecule has 5 nitrogen and oxygen atoms in total. The molecule has 0 spiro atoms. The summed E-state index contributed by atoms with van der Waals surface area (Å²) in [4.78, 5) is 7.15. The normalized spacial score (nSPS) is 17.0. The molecule has 0 saturated carbocycles. The standard InChI is InChI=1S/C17H26N4O.HI/c1-3-10-19-17(18-4-2)20-14-15(16-9-8-13-22-16)21-11-6-5-7-12-21;/h1,8-9,13,15H,4-7,10-12,14H2,2H3,(H2,18,19,20);1H. The molecule has 0 aromatic carbocycles. The van der Waals surface area contributed by atoms with Gasteiger partial charge in [0.1, 0.15) is 5.76 Å². The molecule has 0 aliphatic carbocycles. The summed E-state index contributed by atoms with van der Waals surface area (Å²) in [7, 11) is 0. The third kappa shape index (κ3) is 6.43. The molecule has 2 rings (SSSR count). The zero-order valence-electron chi connectivity index (χ0n) is 13.8. The lowest BCUT2D eigenvalue weighted by Gasteiger charge is -2.32. The van der Waals surface area contributed by atoms with E-state index < -0.39 is 0 Å². The van der Waals surface area contributed by atoms with Gasteiger partial charge in [0.15, 0.2) is 5.96 Å². The maximum absolute atomic E-state index is 5.64. The Kier molecular flexibility index (Phi) is 9.80. The van der Waals surface area contributed by atoms with Crippen molar-refractivity contribution in [2.75, 3.05) is 32.7 Å². The molecule has 1 aromatic rings. The summed E-state index contributed by atoms with van der Waals surface area (Å²) < 4.78 is 5.64. The molecule has 0 radical (unpaired) electrons. The zero-order valence-corrected chi connectivity index (χ0v) is 16.1. The van der Waals surface area contributed by atoms with E-state index in [2.05, 4.69) is 26.4 Å². The number of likely N-dealkylation sites (tertiary alicyclic amines) is 1. The van der Waals surface area contributed by atoms with Gasteiger partial charge in [0.2, 0.25) is 0 Å². The lowest BCUT2D eigenvalue weighted by molar-refractivity contribution is 0.150. The van der Waals surface area contributed by atoms with Gasteiger partial charge in [-0.25, -0.2) is 0 Å². The van der Waals surface area contributed by atoms with E-state index >= 15 is 0 Å². The molecule has 0 amide bonds. The second-order valence-corrected chi connectivity index (χ2v) is 5.41. The summed E-state index contributed by atoms with van der Waals surface area (Å²) in [5.74, 6) is 4.32. The van der Waals surface area contributed by atoms with Crippen LogP contribution in [0.4, 0.5) is 0 Å². The van der Waals surface area contributed by atoms with Crippen molar-refractivity contribution in [1.82, 2.24) is 15.5 Å². The molecular weight excluding hydrogens is 403 g/mol. The molecule has 1 aromatic heterocycles. The van der Waals surface area contributed by atoms with E-state index in [0.717, 1.165) is 31.4 Å². The molecule has 1 aliphatic heterocycles. The maximum Gasteiger partial charge on any atom is 0.192 e. The predicted molar refractivity (Wildman–Crippen MR) is 105 cm³/mol. The van der Waals surface area contributed by atoms with Crippen LogP contribution in [0.5, 0.6) is 0 Å². The Morgan fingerprint density at radius 3 is 2.78 bits per heavy atom. The van der Waals surface area contributed by atoms with Gasteiger partial charge in [-0.3, -0.25) is 9.89 Å². The number of hydrogen-bond acceptors (Lipinski definition) is 3. The van der Waals surface area contributed by atoms with Gasteiger partial charge in [-0.15, -0.1) is 30.4 Å². The number of hydrogen-bond donors (Lipinski definition) is 2. The van der Waals surface area contributed by atoms with Gasteiger partial charge in [-0.2, -0.15) is 0 Å². The topological polar surface area (TPSA) is 52.8 Å². The van der Waals surface area contributed by atoms with Crippen molar-refractivity contribution in [3.8, 4) is 12.3 Å². The first-order chi connectivity index (χ1) is 10.8. The van der Waals surface area contributed by atoms with Crippen LogP contribution in [0.15, 0.2) is 27.8 Å². The Morgan fingerprint density at radius 2 is 2.17 bits per heavy atom. The van der Waals surface area contributed by atoms with Crippen molar-refractivity contribution < 1.29 is 4.42 Å². The fourth-order valence-corrected chi connectivity index (χ4v) is 2.75. The van der Waals surface area contributed by atoms with Crippen LogP contribution in [-0.2, 0) is 0 Å². The first kappa shape index (κ1) is 19.8. The minimum Gasteiger partial charge on any atom is -0.468 e. The first-order valence-electron chi connectivity index (χ1n) is 8.08. The van der Waals surface area contributed by atoms with Crippen LogP contribution in [-0.4, -0.2) is 43.6 Å². The largest absolute Gasteiger partial charge is 0.468 e. The average Bonchev–Trinajstić information content (AvgIpc) is 3.08. The van der Waals surface area contributed by atoms with E-state index in [9.17, 15) is 0 Å². The van der Waals surface area contributed by atoms with Gasteiger partial charge in [0.05, 0.1) is 25.4 Å². The Labute approximate surface area is 156 Å². The van der Waals surface area contributed by atoms with Gasteiger partial charge in [-0.05, 0) is 45.0 Å². The summed E-state index contributed by atoms with van der Waals surface area (Å²) in [6.07, 6.45) is 10.8. The van der Waals surface area contributed by atoms with Crippen molar-refractivity contribution in [3.63, 3.8) is 0 Å². The number of aliphatic imine (C=N–C) groups is 1. The predicted octanol–water partition coefficient (Wildman–Crippen LogP) is 2.61. The van der Waals surface area contributed by atoms with E-state index in [-0.39, 0.29) is 30.0 Å². The number of guanidine groups is 1. The minimum atomic E-state index is 0. The van der Waals surface area contributed by atoms with Gasteiger partial charge in [0, 0.05) is 6.54 Å². The molecule has 128 valence electrons. The quantitative estimate of drug-likeness (QED) is 0.315. The smallest absolute Gasteiger partial charge is 0.192 e. The van der Waals surface area contributed by atoms with Crippen molar-refractivity contribution in [3.05, 3.63) is 24.2 Å². The number of piperidine rings is 1. The van der Waals surface area contributed by atoms with Crippen LogP contribution in [0.2, 0.25) is 0 Å². The molecule has 1 unspecified atom stereocenters. The highest BCUT2D eigenvalue weighted by Crippen LogP contribution is 2.25. The third-order valence-electron chi connectivity index (χ3n) is 3.83. The second-order valence-electron chi connectivity index (χ2n) is 5.41. The minimum absolute atomic E-state index is 0. The molecule has 1 fully saturated rings. The summed E-state index contributed by atoms with van der Waals surface area (Å²) >= 11 is 0. The van der Waals surface area contributed by atoms with Crippen molar-refractivity contribution in [2.24, 2.45) is 4.99 Å². The summed E-state index contributed by atoms with van der Waals surface area (Å²) in [6, 6.07) is 4.17. The Balaban J connectivity index is 0.00000264. The number of terminal acetylenes is 1. The van der Waals surface area contributed by atoms with Gasteiger partial charge >= 0.3 is 0 Å². The fraction of sp³-hybridized carbons (Fsp3) is 0.588. The van der Waals surface area contributed by atoms with E-state index in [1.54, 1.807) is 6.26 Å². The molecule has 0 bridgehead atoms. The molecule has 1 saturated heterocycles. The van der Waals surface area contributed by atoms with Crippen molar-refractivity contribution in [2.45, 2.75) is 32.2 Å². The lowest BCUT2D eigenvalue weighted by atomic mass is 10.1. The van der Waals surface area contributed by atoms with Gasteiger partial charge < -0.3 is 15.1 Å². The molecule has 1 atom stereocenters. The monoisotopic (exact) mass is 430 g/mol. The Bertz CT molecular complexity index is 489. The molecule has 23 heavy (non-hydrogen) atoms.